The van der Waals surface area contributed by atoms with Crippen molar-refractivity contribution in [3.63, 3.8) is 0 Å². The van der Waals surface area contributed by atoms with Crippen LogP contribution in [0.1, 0.15) is 19.4 Å². The highest BCUT2D eigenvalue weighted by atomic mass is 79.9. The number of halogens is 1. The van der Waals surface area contributed by atoms with Gasteiger partial charge in [0.25, 0.3) is 0 Å². The number of carbonyl (C=O) groups is 1. The number of carboxylic acids is 1. The van der Waals surface area contributed by atoms with Gasteiger partial charge in [0, 0.05) is 6.54 Å². The minimum absolute atomic E-state index is 0.0103. The summed E-state index contributed by atoms with van der Waals surface area (Å²) in [5, 5.41) is 12.2. The van der Waals surface area contributed by atoms with E-state index in [0.29, 0.717) is 18.0 Å². The molecular weight excluding hydrogens is 326 g/mol. The van der Waals surface area contributed by atoms with Crippen LogP contribution in [0.5, 0.6) is 11.5 Å². The number of nitrogens with one attached hydrogen (secondary N) is 1. The lowest BCUT2D eigenvalue weighted by molar-refractivity contribution is -0.140. The molecular formula is C14H20BrNO4. The van der Waals surface area contributed by atoms with Crippen LogP contribution in [0, 0.1) is 5.92 Å². The molecule has 2 N–H and O–H groups in total. The zero-order chi connectivity index (χ0) is 15.3. The van der Waals surface area contributed by atoms with Crippen LogP contribution in [0.25, 0.3) is 0 Å². The second-order valence-electron chi connectivity index (χ2n) is 4.75. The Kier molecular flexibility index (Phi) is 6.29. The molecule has 112 valence electrons. The summed E-state index contributed by atoms with van der Waals surface area (Å²) in [6.07, 6.45) is 0. The van der Waals surface area contributed by atoms with E-state index in [0.717, 1.165) is 10.0 Å². The minimum atomic E-state index is -0.848. The second kappa shape index (κ2) is 7.50. The van der Waals surface area contributed by atoms with Crippen LogP contribution in [0.15, 0.2) is 16.6 Å². The van der Waals surface area contributed by atoms with Gasteiger partial charge in [-0.05, 0) is 39.5 Å². The maximum Gasteiger partial charge on any atom is 0.320 e. The van der Waals surface area contributed by atoms with Crippen molar-refractivity contribution in [2.75, 3.05) is 14.2 Å². The predicted molar refractivity (Wildman–Crippen MR) is 80.3 cm³/mol. The van der Waals surface area contributed by atoms with Crippen LogP contribution in [0.3, 0.4) is 0 Å². The number of benzene rings is 1. The second-order valence-corrected chi connectivity index (χ2v) is 5.61. The first kappa shape index (κ1) is 16.8. The SMILES string of the molecule is COc1cc(CNC(C(=O)O)C(C)C)cc(Br)c1OC. The number of hydrogen-bond acceptors (Lipinski definition) is 4. The normalized spacial score (nSPS) is 12.3. The fourth-order valence-electron chi connectivity index (χ4n) is 1.91. The Morgan fingerprint density at radius 3 is 2.45 bits per heavy atom. The number of rotatable bonds is 7. The molecule has 0 aliphatic rings. The molecule has 20 heavy (non-hydrogen) atoms. The summed E-state index contributed by atoms with van der Waals surface area (Å²) in [4.78, 5) is 11.1. The van der Waals surface area contributed by atoms with E-state index in [2.05, 4.69) is 21.2 Å². The summed E-state index contributed by atoms with van der Waals surface area (Å²) in [6.45, 7) is 4.18. The molecule has 1 aromatic rings. The van der Waals surface area contributed by atoms with Gasteiger partial charge in [-0.3, -0.25) is 4.79 Å². The average molecular weight is 346 g/mol. The van der Waals surface area contributed by atoms with E-state index < -0.39 is 12.0 Å². The highest BCUT2D eigenvalue weighted by molar-refractivity contribution is 9.10. The molecule has 0 heterocycles. The quantitative estimate of drug-likeness (QED) is 0.795. The maximum absolute atomic E-state index is 11.1. The van der Waals surface area contributed by atoms with Crippen LogP contribution < -0.4 is 14.8 Å². The van der Waals surface area contributed by atoms with E-state index in [1.807, 2.05) is 26.0 Å². The predicted octanol–water partition coefficient (Wildman–Crippen LogP) is 2.67. The molecule has 1 rings (SSSR count). The van der Waals surface area contributed by atoms with E-state index in [1.165, 1.54) is 0 Å². The number of hydrogen-bond donors (Lipinski definition) is 2. The van der Waals surface area contributed by atoms with Crippen molar-refractivity contribution < 1.29 is 19.4 Å². The first-order chi connectivity index (χ1) is 9.40. The highest BCUT2D eigenvalue weighted by Crippen LogP contribution is 2.36. The highest BCUT2D eigenvalue weighted by Gasteiger charge is 2.21. The molecule has 0 amide bonds. The molecule has 0 saturated heterocycles. The molecule has 0 aliphatic carbocycles. The van der Waals surface area contributed by atoms with Gasteiger partial charge in [-0.1, -0.05) is 13.8 Å². The van der Waals surface area contributed by atoms with Gasteiger partial charge in [0.1, 0.15) is 6.04 Å². The van der Waals surface area contributed by atoms with Crippen molar-refractivity contribution in [3.8, 4) is 11.5 Å². The third-order valence-electron chi connectivity index (χ3n) is 2.95. The van der Waals surface area contributed by atoms with Crippen LogP contribution in [0.4, 0.5) is 0 Å². The van der Waals surface area contributed by atoms with Crippen LogP contribution >= 0.6 is 15.9 Å². The van der Waals surface area contributed by atoms with Gasteiger partial charge in [0.05, 0.1) is 18.7 Å². The van der Waals surface area contributed by atoms with Gasteiger partial charge >= 0.3 is 5.97 Å². The molecule has 0 aromatic heterocycles. The Hall–Kier alpha value is -1.27. The van der Waals surface area contributed by atoms with Crippen molar-refractivity contribution in [1.82, 2.24) is 5.32 Å². The molecule has 0 saturated carbocycles. The summed E-state index contributed by atoms with van der Waals surface area (Å²) < 4.78 is 11.3. The van der Waals surface area contributed by atoms with Crippen molar-refractivity contribution in [3.05, 3.63) is 22.2 Å². The lowest BCUT2D eigenvalue weighted by atomic mass is 10.0. The van der Waals surface area contributed by atoms with E-state index in [9.17, 15) is 4.79 Å². The Balaban J connectivity index is 2.88. The average Bonchev–Trinajstić information content (AvgIpc) is 2.37. The smallest absolute Gasteiger partial charge is 0.320 e. The molecule has 0 bridgehead atoms. The van der Waals surface area contributed by atoms with Crippen molar-refractivity contribution in [1.29, 1.82) is 0 Å². The number of methoxy groups -OCH3 is 2. The third kappa shape index (κ3) is 4.11. The molecule has 0 radical (unpaired) electrons. The minimum Gasteiger partial charge on any atom is -0.493 e. The van der Waals surface area contributed by atoms with E-state index in [-0.39, 0.29) is 5.92 Å². The summed E-state index contributed by atoms with van der Waals surface area (Å²) >= 11 is 3.41. The molecule has 1 unspecified atom stereocenters. The van der Waals surface area contributed by atoms with Crippen LogP contribution in [0.2, 0.25) is 0 Å². The van der Waals surface area contributed by atoms with Crippen molar-refractivity contribution in [2.24, 2.45) is 5.92 Å². The summed E-state index contributed by atoms with van der Waals surface area (Å²) in [7, 11) is 3.13. The van der Waals surface area contributed by atoms with Crippen molar-refractivity contribution >= 4 is 21.9 Å². The Bertz CT molecular complexity index is 476. The summed E-state index contributed by atoms with van der Waals surface area (Å²) in [5.41, 5.74) is 0.918. The Morgan fingerprint density at radius 1 is 1.35 bits per heavy atom. The fraction of sp³-hybridized carbons (Fsp3) is 0.500. The molecule has 1 atom stereocenters. The number of carboxylic acid groups (broad SMARTS) is 1. The summed E-state index contributed by atoms with van der Waals surface area (Å²) in [6, 6.07) is 3.13. The zero-order valence-corrected chi connectivity index (χ0v) is 13.7. The lowest BCUT2D eigenvalue weighted by Gasteiger charge is -2.18. The molecule has 6 heteroatoms. The van der Waals surface area contributed by atoms with E-state index >= 15 is 0 Å². The van der Waals surface area contributed by atoms with E-state index in [4.69, 9.17) is 14.6 Å². The molecule has 1 aromatic carbocycles. The topological polar surface area (TPSA) is 67.8 Å². The first-order valence-corrected chi connectivity index (χ1v) is 7.06. The standard InChI is InChI=1S/C14H20BrNO4/c1-8(2)12(14(17)18)16-7-9-5-10(15)13(20-4)11(6-9)19-3/h5-6,8,12,16H,7H2,1-4H3,(H,17,18). The molecule has 0 fully saturated rings. The Labute approximate surface area is 127 Å². The third-order valence-corrected chi connectivity index (χ3v) is 3.54. The van der Waals surface area contributed by atoms with Gasteiger partial charge in [0.2, 0.25) is 0 Å². The van der Waals surface area contributed by atoms with Gasteiger partial charge in [0.15, 0.2) is 11.5 Å². The maximum atomic E-state index is 11.1. The van der Waals surface area contributed by atoms with Crippen LogP contribution in [-0.2, 0) is 11.3 Å². The molecule has 0 aliphatic heterocycles. The van der Waals surface area contributed by atoms with Gasteiger partial charge in [-0.25, -0.2) is 0 Å². The summed E-state index contributed by atoms with van der Waals surface area (Å²) in [5.74, 6) is 0.389. The first-order valence-electron chi connectivity index (χ1n) is 6.27. The molecule has 5 nitrogen and oxygen atoms in total. The van der Waals surface area contributed by atoms with Crippen molar-refractivity contribution in [2.45, 2.75) is 26.4 Å². The number of aliphatic carboxylic acids is 1. The van der Waals surface area contributed by atoms with Gasteiger partial charge < -0.3 is 19.9 Å². The Morgan fingerprint density at radius 2 is 2.00 bits per heavy atom. The lowest BCUT2D eigenvalue weighted by Crippen LogP contribution is -2.40. The zero-order valence-electron chi connectivity index (χ0n) is 12.1. The largest absolute Gasteiger partial charge is 0.493 e. The van der Waals surface area contributed by atoms with Gasteiger partial charge in [-0.15, -0.1) is 0 Å². The fourth-order valence-corrected chi connectivity index (χ4v) is 2.56. The van der Waals surface area contributed by atoms with E-state index in [1.54, 1.807) is 14.2 Å². The molecule has 0 spiro atoms. The number of ether oxygens (including phenoxy) is 2. The van der Waals surface area contributed by atoms with Crippen LogP contribution in [-0.4, -0.2) is 31.3 Å². The van der Waals surface area contributed by atoms with Gasteiger partial charge in [-0.2, -0.15) is 0 Å². The monoisotopic (exact) mass is 345 g/mol.